The Kier molecular flexibility index (Phi) is 5.83. The Balaban J connectivity index is 1.63. The second-order valence-corrected chi connectivity index (χ2v) is 8.21. The first-order valence-corrected chi connectivity index (χ1v) is 11.2. The van der Waals surface area contributed by atoms with Crippen molar-refractivity contribution in [3.63, 3.8) is 0 Å². The van der Waals surface area contributed by atoms with E-state index in [-0.39, 0.29) is 34.8 Å². The van der Waals surface area contributed by atoms with Crippen molar-refractivity contribution in [2.45, 2.75) is 31.7 Å². The van der Waals surface area contributed by atoms with Crippen LogP contribution in [-0.2, 0) is 4.79 Å². The van der Waals surface area contributed by atoms with Crippen molar-refractivity contribution >= 4 is 11.6 Å². The van der Waals surface area contributed by atoms with Crippen molar-refractivity contribution in [1.82, 2.24) is 19.6 Å². The Labute approximate surface area is 195 Å². The van der Waals surface area contributed by atoms with Gasteiger partial charge in [-0.2, -0.15) is 10.2 Å². The molecule has 2 aliphatic rings. The molecule has 1 amide bonds. The summed E-state index contributed by atoms with van der Waals surface area (Å²) in [5, 5.41) is 8.89. The molecule has 8 nitrogen and oxygen atoms in total. The number of aromatic nitrogens is 4. The third kappa shape index (κ3) is 3.83. The van der Waals surface area contributed by atoms with Gasteiger partial charge in [-0.25, -0.2) is 9.07 Å². The van der Waals surface area contributed by atoms with E-state index in [1.165, 1.54) is 22.9 Å². The topological polar surface area (TPSA) is 82.2 Å². The molecule has 0 spiro atoms. The molecular weight excluding hydrogens is 437 g/mol. The van der Waals surface area contributed by atoms with E-state index in [1.807, 2.05) is 24.3 Å². The molecule has 1 aliphatic carbocycles. The molecule has 1 atom stereocenters. The molecule has 0 saturated carbocycles. The number of halogens is 1. The molecule has 3 aromatic rings. The van der Waals surface area contributed by atoms with E-state index in [1.54, 1.807) is 35.1 Å². The van der Waals surface area contributed by atoms with Gasteiger partial charge in [-0.15, -0.1) is 0 Å². The summed E-state index contributed by atoms with van der Waals surface area (Å²) >= 11 is 0. The van der Waals surface area contributed by atoms with Crippen LogP contribution in [0.5, 0.6) is 5.75 Å². The van der Waals surface area contributed by atoms with Crippen molar-refractivity contribution in [3.05, 3.63) is 77.0 Å². The second kappa shape index (κ2) is 9.09. The van der Waals surface area contributed by atoms with E-state index >= 15 is 4.39 Å². The Morgan fingerprint density at radius 2 is 1.97 bits per heavy atom. The van der Waals surface area contributed by atoms with E-state index in [4.69, 9.17) is 4.74 Å². The summed E-state index contributed by atoms with van der Waals surface area (Å²) in [5.74, 6) is -0.668. The summed E-state index contributed by atoms with van der Waals surface area (Å²) < 4.78 is 24.0. The van der Waals surface area contributed by atoms with Gasteiger partial charge in [0.1, 0.15) is 5.69 Å². The predicted molar refractivity (Wildman–Crippen MR) is 126 cm³/mol. The molecule has 0 bridgehead atoms. The number of hydrogen-bond donors (Lipinski definition) is 0. The normalized spacial score (nSPS) is 17.9. The van der Waals surface area contributed by atoms with Crippen molar-refractivity contribution in [1.29, 1.82) is 0 Å². The second-order valence-electron chi connectivity index (χ2n) is 8.21. The number of carbonyl (C=O) groups excluding carboxylic acids is 1. The van der Waals surface area contributed by atoms with Gasteiger partial charge in [0, 0.05) is 19.2 Å². The van der Waals surface area contributed by atoms with Crippen LogP contribution in [0.3, 0.4) is 0 Å². The minimum Gasteiger partial charge on any atom is -0.491 e. The van der Waals surface area contributed by atoms with E-state index in [0.717, 1.165) is 19.3 Å². The van der Waals surface area contributed by atoms with Crippen LogP contribution in [0, 0.1) is 5.82 Å². The average molecular weight is 461 g/mol. The molecule has 1 aliphatic heterocycles. The summed E-state index contributed by atoms with van der Waals surface area (Å²) in [6, 6.07) is 6.45. The number of nitrogens with zero attached hydrogens (tertiary/aromatic N) is 5. The number of benzene rings is 1. The molecule has 174 valence electrons. The number of amides is 1. The largest absolute Gasteiger partial charge is 0.491 e. The fourth-order valence-corrected chi connectivity index (χ4v) is 4.37. The number of rotatable bonds is 5. The number of ether oxygens (including phenoxy) is 1. The maximum absolute atomic E-state index is 15.7. The minimum absolute atomic E-state index is 0.0238. The maximum Gasteiger partial charge on any atom is 0.251 e. The van der Waals surface area contributed by atoms with Crippen molar-refractivity contribution in [3.8, 4) is 22.8 Å². The molecular formula is C25H24FN5O3. The molecule has 1 aromatic carbocycles. The van der Waals surface area contributed by atoms with Gasteiger partial charge < -0.3 is 9.64 Å². The van der Waals surface area contributed by atoms with Crippen LogP contribution >= 0.6 is 0 Å². The lowest BCUT2D eigenvalue weighted by Crippen LogP contribution is -2.36. The number of hydrogen-bond acceptors (Lipinski definition) is 5. The van der Waals surface area contributed by atoms with E-state index < -0.39 is 11.2 Å². The first-order chi connectivity index (χ1) is 16.6. The van der Waals surface area contributed by atoms with Gasteiger partial charge in [0.2, 0.25) is 5.91 Å². The van der Waals surface area contributed by atoms with Gasteiger partial charge in [0.05, 0.1) is 30.7 Å². The average Bonchev–Trinajstić information content (AvgIpc) is 3.35. The molecule has 2 aromatic heterocycles. The lowest BCUT2D eigenvalue weighted by atomic mass is 10.1. The number of allylic oxidation sites excluding steroid dienone is 4. The Morgan fingerprint density at radius 1 is 1.12 bits per heavy atom. The molecule has 1 fully saturated rings. The van der Waals surface area contributed by atoms with E-state index in [0.29, 0.717) is 18.7 Å². The van der Waals surface area contributed by atoms with E-state index in [9.17, 15) is 9.59 Å². The van der Waals surface area contributed by atoms with Gasteiger partial charge in [-0.05, 0) is 37.5 Å². The van der Waals surface area contributed by atoms with Gasteiger partial charge in [-0.3, -0.25) is 14.3 Å². The maximum atomic E-state index is 15.7. The van der Waals surface area contributed by atoms with Gasteiger partial charge in [0.15, 0.2) is 17.3 Å². The molecule has 0 N–H and O–H groups in total. The van der Waals surface area contributed by atoms with Crippen molar-refractivity contribution < 1.29 is 13.9 Å². The molecule has 9 heteroatoms. The van der Waals surface area contributed by atoms with Crippen LogP contribution in [0.2, 0.25) is 0 Å². The van der Waals surface area contributed by atoms with Gasteiger partial charge >= 0.3 is 0 Å². The van der Waals surface area contributed by atoms with Crippen LogP contribution in [0.15, 0.2) is 65.8 Å². The van der Waals surface area contributed by atoms with Crippen LogP contribution in [0.25, 0.3) is 17.1 Å². The fourth-order valence-electron chi connectivity index (χ4n) is 4.37. The lowest BCUT2D eigenvalue weighted by Gasteiger charge is -2.27. The van der Waals surface area contributed by atoms with Crippen LogP contribution in [-0.4, -0.2) is 39.1 Å². The van der Waals surface area contributed by atoms with Crippen molar-refractivity contribution in [2.24, 2.45) is 0 Å². The molecule has 5 rings (SSSR count). The fraction of sp³-hybridized carbons (Fsp3) is 0.280. The quantitative estimate of drug-likeness (QED) is 0.577. The zero-order valence-corrected chi connectivity index (χ0v) is 18.7. The third-order valence-electron chi connectivity index (χ3n) is 6.11. The molecule has 3 heterocycles. The number of methoxy groups -OCH3 is 1. The molecule has 34 heavy (non-hydrogen) atoms. The molecule has 1 saturated heterocycles. The smallest absolute Gasteiger partial charge is 0.251 e. The minimum atomic E-state index is -0.587. The first kappa shape index (κ1) is 21.8. The van der Waals surface area contributed by atoms with Crippen molar-refractivity contribution in [2.75, 3.05) is 18.6 Å². The third-order valence-corrected chi connectivity index (χ3v) is 6.11. The zero-order chi connectivity index (χ0) is 23.7. The summed E-state index contributed by atoms with van der Waals surface area (Å²) in [4.78, 5) is 27.0. The highest BCUT2D eigenvalue weighted by molar-refractivity contribution is 5.94. The summed E-state index contributed by atoms with van der Waals surface area (Å²) in [6.07, 6.45) is 13.6. The monoisotopic (exact) mass is 461 g/mol. The molecule has 0 radical (unpaired) electrons. The highest BCUT2D eigenvalue weighted by Gasteiger charge is 2.25. The molecule has 1 unspecified atom stereocenters. The van der Waals surface area contributed by atoms with Crippen LogP contribution in [0.4, 0.5) is 10.1 Å². The van der Waals surface area contributed by atoms with Gasteiger partial charge in [-0.1, -0.05) is 30.4 Å². The first-order valence-electron chi connectivity index (χ1n) is 11.2. The van der Waals surface area contributed by atoms with Gasteiger partial charge in [0.25, 0.3) is 5.43 Å². The Morgan fingerprint density at radius 3 is 2.74 bits per heavy atom. The standard InChI is InChI=1S/C25H24FN5O3/c1-34-21-16-30(19-11-7-10-18(23(19)26)29-15-6-5-12-22(29)32)28-24(25(21)33)20-13-14-27-31(20)17-8-3-2-4-9-17/h2-4,7-8,10-11,13-14,16-17H,5-6,9,12,15H2,1H3. The number of carbonyl (C=O) groups is 1. The Hall–Kier alpha value is -4.01. The Bertz CT molecular complexity index is 1360. The van der Waals surface area contributed by atoms with Crippen LogP contribution < -0.4 is 15.1 Å². The highest BCUT2D eigenvalue weighted by atomic mass is 19.1. The summed E-state index contributed by atoms with van der Waals surface area (Å²) in [7, 11) is 1.38. The highest BCUT2D eigenvalue weighted by Crippen LogP contribution is 2.29. The zero-order valence-electron chi connectivity index (χ0n) is 18.7. The number of anilines is 1. The summed E-state index contributed by atoms with van der Waals surface area (Å²) in [5.41, 5.74) is 0.497. The van der Waals surface area contributed by atoms with Crippen LogP contribution in [0.1, 0.15) is 31.7 Å². The summed E-state index contributed by atoms with van der Waals surface area (Å²) in [6.45, 7) is 0.466. The van der Waals surface area contributed by atoms with E-state index in [2.05, 4.69) is 10.2 Å². The SMILES string of the molecule is COc1cn(-c2cccc(N3CCCCC3=O)c2F)nc(-c2ccnn2C2C=CC=CC2)c1=O. The number of piperidine rings is 1. The lowest BCUT2D eigenvalue weighted by molar-refractivity contribution is -0.119. The predicted octanol–water partition coefficient (Wildman–Crippen LogP) is 3.82.